The van der Waals surface area contributed by atoms with Crippen LogP contribution in [0.25, 0.3) is 0 Å². The summed E-state index contributed by atoms with van der Waals surface area (Å²) in [6.07, 6.45) is 0.548. The molecule has 0 spiro atoms. The van der Waals surface area contributed by atoms with E-state index in [1.54, 1.807) is 9.80 Å². The van der Waals surface area contributed by atoms with Gasteiger partial charge in [0.25, 0.3) is 0 Å². The quantitative estimate of drug-likeness (QED) is 0.656. The normalized spacial score (nSPS) is 22.0. The third-order valence-electron chi connectivity index (χ3n) is 5.70. The zero-order chi connectivity index (χ0) is 21.3. The molecule has 0 aromatic heterocycles. The second kappa shape index (κ2) is 8.55. The largest absolute Gasteiger partial charge is 0.467 e. The van der Waals surface area contributed by atoms with Crippen LogP contribution >= 0.6 is 11.8 Å². The van der Waals surface area contributed by atoms with Crippen molar-refractivity contribution >= 4 is 41.3 Å². The molecule has 0 N–H and O–H groups in total. The number of ether oxygens (including phenoxy) is 2. The summed E-state index contributed by atoms with van der Waals surface area (Å²) in [6.45, 7) is 0.871. The van der Waals surface area contributed by atoms with Gasteiger partial charge in [0.2, 0.25) is 11.8 Å². The summed E-state index contributed by atoms with van der Waals surface area (Å²) < 4.78 is 9.80. The van der Waals surface area contributed by atoms with Crippen molar-refractivity contribution in [3.05, 3.63) is 24.3 Å². The lowest BCUT2D eigenvalue weighted by Gasteiger charge is -2.38. The number of hydrogen-bond donors (Lipinski definition) is 0. The second-order valence-electron chi connectivity index (χ2n) is 7.37. The van der Waals surface area contributed by atoms with E-state index in [1.807, 2.05) is 24.3 Å². The van der Waals surface area contributed by atoms with Gasteiger partial charge in [-0.05, 0) is 25.0 Å². The van der Waals surface area contributed by atoms with Crippen LogP contribution in [0.4, 0.5) is 10.5 Å². The molecule has 2 saturated heterocycles. The lowest BCUT2D eigenvalue weighted by molar-refractivity contribution is -0.146. The minimum Gasteiger partial charge on any atom is -0.467 e. The Morgan fingerprint density at radius 1 is 1.20 bits per heavy atom. The predicted molar refractivity (Wildman–Crippen MR) is 108 cm³/mol. The van der Waals surface area contributed by atoms with E-state index in [-0.39, 0.29) is 31.0 Å². The number of carbonyl (C=O) groups is 4. The van der Waals surface area contributed by atoms with Crippen molar-refractivity contribution in [1.82, 2.24) is 9.80 Å². The first kappa shape index (κ1) is 20.5. The molecule has 1 atom stereocenters. The molecule has 9 nitrogen and oxygen atoms in total. The summed E-state index contributed by atoms with van der Waals surface area (Å²) in [5, 5.41) is 0. The third kappa shape index (κ3) is 3.83. The highest BCUT2D eigenvalue weighted by Crippen LogP contribution is 2.35. The molecule has 1 aromatic carbocycles. The number of fused-ring (bicyclic) bond motifs is 1. The molecule has 0 saturated carbocycles. The molecule has 3 aliphatic rings. The number of thioether (sulfide) groups is 1. The fraction of sp³-hybridized carbons (Fsp3) is 0.500. The Morgan fingerprint density at radius 3 is 2.67 bits per heavy atom. The van der Waals surface area contributed by atoms with Crippen molar-refractivity contribution in [3.63, 3.8) is 0 Å². The van der Waals surface area contributed by atoms with Gasteiger partial charge in [0, 0.05) is 24.0 Å². The number of methoxy groups -OCH3 is 1. The van der Waals surface area contributed by atoms with E-state index in [4.69, 9.17) is 9.47 Å². The monoisotopic (exact) mass is 433 g/mol. The number of amides is 3. The molecule has 3 aliphatic heterocycles. The molecule has 0 radical (unpaired) electrons. The van der Waals surface area contributed by atoms with Gasteiger partial charge in [-0.3, -0.25) is 14.5 Å². The number of benzene rings is 1. The molecule has 3 heterocycles. The van der Waals surface area contributed by atoms with Gasteiger partial charge in [0.15, 0.2) is 6.04 Å². The molecule has 4 rings (SSSR count). The molecule has 3 amide bonds. The van der Waals surface area contributed by atoms with E-state index >= 15 is 0 Å². The van der Waals surface area contributed by atoms with Crippen LogP contribution in [0.5, 0.6) is 0 Å². The maximum absolute atomic E-state index is 12.9. The summed E-state index contributed by atoms with van der Waals surface area (Å²) >= 11 is 1.48. The van der Waals surface area contributed by atoms with Crippen molar-refractivity contribution in [2.24, 2.45) is 0 Å². The number of hydrogen-bond acceptors (Lipinski definition) is 7. The number of cyclic esters (lactones) is 1. The highest BCUT2D eigenvalue weighted by molar-refractivity contribution is 8.00. The van der Waals surface area contributed by atoms with E-state index in [1.165, 1.54) is 23.8 Å². The Hall–Kier alpha value is -2.75. The highest BCUT2D eigenvalue weighted by Gasteiger charge is 2.44. The number of nitrogens with zero attached hydrogens (tertiary/aromatic N) is 3. The number of rotatable bonds is 4. The summed E-state index contributed by atoms with van der Waals surface area (Å²) in [4.78, 5) is 55.0. The summed E-state index contributed by atoms with van der Waals surface area (Å²) in [7, 11) is 1.28. The molecule has 30 heavy (non-hydrogen) atoms. The topological polar surface area (TPSA) is 96.5 Å². The first-order valence-electron chi connectivity index (χ1n) is 9.82. The smallest absolute Gasteiger partial charge is 0.410 e. The van der Waals surface area contributed by atoms with Gasteiger partial charge in [0.1, 0.15) is 13.2 Å². The molecular weight excluding hydrogens is 410 g/mol. The Labute approximate surface area is 178 Å². The Balaban J connectivity index is 1.38. The fourth-order valence-electron chi connectivity index (χ4n) is 4.11. The number of piperidine rings is 1. The molecule has 0 unspecified atom stereocenters. The maximum atomic E-state index is 12.9. The lowest BCUT2D eigenvalue weighted by Crippen LogP contribution is -2.53. The third-order valence-corrected chi connectivity index (χ3v) is 6.74. The van der Waals surface area contributed by atoms with Crippen molar-refractivity contribution < 1.29 is 28.7 Å². The minimum atomic E-state index is -0.741. The van der Waals surface area contributed by atoms with E-state index in [0.717, 1.165) is 10.6 Å². The van der Waals surface area contributed by atoms with Crippen molar-refractivity contribution in [1.29, 1.82) is 0 Å². The van der Waals surface area contributed by atoms with E-state index in [0.29, 0.717) is 31.7 Å². The number of anilines is 1. The average molecular weight is 433 g/mol. The van der Waals surface area contributed by atoms with Gasteiger partial charge in [-0.2, -0.15) is 0 Å². The van der Waals surface area contributed by atoms with E-state index in [2.05, 4.69) is 0 Å². The molecule has 160 valence electrons. The van der Waals surface area contributed by atoms with Crippen LogP contribution in [0.2, 0.25) is 0 Å². The number of carbonyl (C=O) groups excluding carboxylic acids is 4. The fourth-order valence-corrected chi connectivity index (χ4v) is 5.05. The summed E-state index contributed by atoms with van der Waals surface area (Å²) in [5.74, 6) is -0.391. The van der Waals surface area contributed by atoms with Crippen molar-refractivity contribution in [2.75, 3.05) is 44.0 Å². The number of esters is 1. The molecule has 10 heteroatoms. The van der Waals surface area contributed by atoms with Gasteiger partial charge < -0.3 is 19.3 Å². The van der Waals surface area contributed by atoms with Gasteiger partial charge >= 0.3 is 12.1 Å². The molecule has 0 bridgehead atoms. The Morgan fingerprint density at radius 2 is 1.93 bits per heavy atom. The molecule has 1 aromatic rings. The van der Waals surface area contributed by atoms with Crippen LogP contribution in [-0.4, -0.2) is 84.9 Å². The second-order valence-corrected chi connectivity index (χ2v) is 8.39. The SMILES string of the molecule is COC(=O)[C@H]1COC(=O)N1C1CCN(C(=O)CN2C(=O)CSc3ccccc32)CC1. The predicted octanol–water partition coefficient (Wildman–Crippen LogP) is 1.11. The van der Waals surface area contributed by atoms with Gasteiger partial charge in [-0.1, -0.05) is 12.1 Å². The van der Waals surface area contributed by atoms with Crippen LogP contribution in [0.15, 0.2) is 29.2 Å². The van der Waals surface area contributed by atoms with Gasteiger partial charge in [0.05, 0.1) is 18.6 Å². The standard InChI is InChI=1S/C20H23N3O6S/c1-28-19(26)15-11-29-20(27)23(15)13-6-8-21(9-7-13)17(24)10-22-14-4-2-3-5-16(14)30-12-18(22)25/h2-5,13,15H,6-12H2,1H3/t15-/m1/s1. The lowest BCUT2D eigenvalue weighted by atomic mass is 10.0. The van der Waals surface area contributed by atoms with E-state index in [9.17, 15) is 19.2 Å². The van der Waals surface area contributed by atoms with Crippen LogP contribution in [0, 0.1) is 0 Å². The first-order valence-corrected chi connectivity index (χ1v) is 10.8. The van der Waals surface area contributed by atoms with Crippen molar-refractivity contribution in [2.45, 2.75) is 29.8 Å². The van der Waals surface area contributed by atoms with Gasteiger partial charge in [-0.25, -0.2) is 9.59 Å². The van der Waals surface area contributed by atoms with Crippen LogP contribution in [0.1, 0.15) is 12.8 Å². The van der Waals surface area contributed by atoms with Crippen LogP contribution < -0.4 is 4.90 Å². The summed E-state index contributed by atoms with van der Waals surface area (Å²) in [6, 6.07) is 6.63. The van der Waals surface area contributed by atoms with E-state index < -0.39 is 18.1 Å². The number of para-hydroxylation sites is 1. The average Bonchev–Trinajstić information content (AvgIpc) is 3.16. The minimum absolute atomic E-state index is 0.00237. The maximum Gasteiger partial charge on any atom is 0.410 e. The van der Waals surface area contributed by atoms with Crippen LogP contribution in [0.3, 0.4) is 0 Å². The Kier molecular flexibility index (Phi) is 5.85. The van der Waals surface area contributed by atoms with Gasteiger partial charge in [-0.15, -0.1) is 11.8 Å². The van der Waals surface area contributed by atoms with Crippen LogP contribution in [-0.2, 0) is 23.9 Å². The highest BCUT2D eigenvalue weighted by atomic mass is 32.2. The zero-order valence-electron chi connectivity index (χ0n) is 16.6. The molecule has 2 fully saturated rings. The molecule has 0 aliphatic carbocycles. The molecular formula is C20H23N3O6S. The zero-order valence-corrected chi connectivity index (χ0v) is 17.4. The van der Waals surface area contributed by atoms with Crippen molar-refractivity contribution in [3.8, 4) is 0 Å². The number of likely N-dealkylation sites (tertiary alicyclic amines) is 1. The Bertz CT molecular complexity index is 870. The summed E-state index contributed by atoms with van der Waals surface area (Å²) in [5.41, 5.74) is 0.766. The first-order chi connectivity index (χ1) is 14.5.